The second-order valence-corrected chi connectivity index (χ2v) is 10.5. The number of rotatable bonds is 12. The molecule has 3 aromatic rings. The van der Waals surface area contributed by atoms with E-state index in [-0.39, 0.29) is 23.6 Å². The molecule has 0 bridgehead atoms. The maximum absolute atomic E-state index is 13.4. The Bertz CT molecular complexity index is 1320. The number of hydrogen-bond donors (Lipinski definition) is 4. The number of carbonyl (C=O) groups is 2. The summed E-state index contributed by atoms with van der Waals surface area (Å²) in [6, 6.07) is 12.1. The molecule has 1 aromatic heterocycles. The molecule has 0 fully saturated rings. The van der Waals surface area contributed by atoms with E-state index in [0.717, 1.165) is 18.4 Å². The molecule has 2 amide bonds. The van der Waals surface area contributed by atoms with E-state index in [1.807, 2.05) is 6.92 Å². The van der Waals surface area contributed by atoms with Crippen molar-refractivity contribution >= 4 is 33.5 Å². The Balaban J connectivity index is 1.86. The third-order valence-electron chi connectivity index (χ3n) is 5.77. The number of hydroxylamine groups is 1. The van der Waals surface area contributed by atoms with Crippen molar-refractivity contribution < 1.29 is 27.8 Å². The number of imidazole rings is 1. The normalized spacial score (nSPS) is 12.2. The van der Waals surface area contributed by atoms with Gasteiger partial charge in [0.05, 0.1) is 11.1 Å². The number of benzene rings is 2. The van der Waals surface area contributed by atoms with E-state index < -0.39 is 28.0 Å². The number of nitrogens with zero attached hydrogens (tertiary/aromatic N) is 2. The summed E-state index contributed by atoms with van der Waals surface area (Å²) in [4.78, 5) is 29.5. The molecule has 0 aliphatic carbocycles. The minimum Gasteiger partial charge on any atom is -0.347 e. The average molecular weight is 549 g/mol. The van der Waals surface area contributed by atoms with Crippen LogP contribution in [0.5, 0.6) is 0 Å². The van der Waals surface area contributed by atoms with E-state index in [1.165, 1.54) is 18.3 Å². The highest BCUT2D eigenvalue weighted by Gasteiger charge is 2.22. The van der Waals surface area contributed by atoms with Crippen molar-refractivity contribution in [2.75, 3.05) is 0 Å². The van der Waals surface area contributed by atoms with Gasteiger partial charge in [0.25, 0.3) is 16.0 Å². The zero-order chi connectivity index (χ0) is 27.0. The fraction of sp³-hybridized carbons (Fsp3) is 0.320. The highest BCUT2D eigenvalue weighted by atomic mass is 35.5. The van der Waals surface area contributed by atoms with E-state index in [9.17, 15) is 22.6 Å². The van der Waals surface area contributed by atoms with Gasteiger partial charge in [-0.25, -0.2) is 10.5 Å². The van der Waals surface area contributed by atoms with Crippen LogP contribution in [-0.4, -0.2) is 45.6 Å². The van der Waals surface area contributed by atoms with Crippen molar-refractivity contribution in [3.8, 4) is 0 Å². The van der Waals surface area contributed by atoms with Crippen LogP contribution in [0.1, 0.15) is 53.6 Å². The van der Waals surface area contributed by atoms with Crippen molar-refractivity contribution in [2.24, 2.45) is 0 Å². The lowest BCUT2D eigenvalue weighted by Crippen LogP contribution is -2.41. The van der Waals surface area contributed by atoms with Gasteiger partial charge in [-0.1, -0.05) is 49.2 Å². The summed E-state index contributed by atoms with van der Waals surface area (Å²) in [5.41, 5.74) is 3.42. The van der Waals surface area contributed by atoms with Crippen LogP contribution in [-0.2, 0) is 34.3 Å². The van der Waals surface area contributed by atoms with Gasteiger partial charge >= 0.3 is 0 Å². The first-order valence-electron chi connectivity index (χ1n) is 11.7. The molecule has 1 heterocycles. The first-order valence-corrected chi connectivity index (χ1v) is 13.5. The van der Waals surface area contributed by atoms with Crippen LogP contribution in [0.25, 0.3) is 0 Å². The lowest BCUT2D eigenvalue weighted by Gasteiger charge is -2.19. The third-order valence-corrected chi connectivity index (χ3v) is 6.89. The molecule has 198 valence electrons. The molecule has 10 nitrogen and oxygen atoms in total. The van der Waals surface area contributed by atoms with Crippen LogP contribution in [0, 0.1) is 0 Å². The fourth-order valence-electron chi connectivity index (χ4n) is 3.86. The Kier molecular flexibility index (Phi) is 9.81. The van der Waals surface area contributed by atoms with Gasteiger partial charge in [-0.15, -0.1) is 0 Å². The summed E-state index contributed by atoms with van der Waals surface area (Å²) in [6.45, 7) is 2.29. The zero-order valence-electron chi connectivity index (χ0n) is 20.2. The number of aryl methyl sites for hydroxylation is 1. The molecular weight excluding hydrogens is 520 g/mol. The maximum Gasteiger partial charge on any atom is 0.294 e. The first kappa shape index (κ1) is 28.3. The minimum atomic E-state index is -4.32. The number of halogens is 1. The Hall–Kier alpha value is -3.25. The van der Waals surface area contributed by atoms with Crippen LogP contribution in [0.4, 0.5) is 0 Å². The van der Waals surface area contributed by atoms with Crippen LogP contribution < -0.4 is 10.8 Å². The molecule has 2 aromatic carbocycles. The Morgan fingerprint density at radius 1 is 1.08 bits per heavy atom. The molecule has 0 saturated carbocycles. The Morgan fingerprint density at radius 3 is 2.32 bits per heavy atom. The van der Waals surface area contributed by atoms with Gasteiger partial charge in [0.2, 0.25) is 5.91 Å². The summed E-state index contributed by atoms with van der Waals surface area (Å²) in [5.74, 6) is -0.405. The Labute approximate surface area is 220 Å². The first-order chi connectivity index (χ1) is 17.6. The maximum atomic E-state index is 13.4. The molecule has 1 atom stereocenters. The summed E-state index contributed by atoms with van der Waals surface area (Å²) < 4.78 is 33.7. The van der Waals surface area contributed by atoms with Gasteiger partial charge in [-0.2, -0.15) is 8.42 Å². The lowest BCUT2D eigenvalue weighted by atomic mass is 10.0. The lowest BCUT2D eigenvalue weighted by molar-refractivity contribution is -0.129. The van der Waals surface area contributed by atoms with Gasteiger partial charge < -0.3 is 9.88 Å². The number of amides is 2. The molecule has 37 heavy (non-hydrogen) atoms. The molecule has 3 rings (SSSR count). The largest absolute Gasteiger partial charge is 0.347 e. The highest BCUT2D eigenvalue weighted by molar-refractivity contribution is 7.85. The van der Waals surface area contributed by atoms with Crippen molar-refractivity contribution in [1.29, 1.82) is 0 Å². The number of carbonyl (C=O) groups excluding carboxylic acids is 2. The van der Waals surface area contributed by atoms with Gasteiger partial charge in [0, 0.05) is 30.5 Å². The number of nitrogens with one attached hydrogen (secondary N) is 2. The molecule has 0 aliphatic heterocycles. The minimum absolute atomic E-state index is 0.154. The Morgan fingerprint density at radius 2 is 1.73 bits per heavy atom. The van der Waals surface area contributed by atoms with Crippen molar-refractivity contribution in [1.82, 2.24) is 20.3 Å². The summed E-state index contributed by atoms with van der Waals surface area (Å²) in [7, 11) is -4.32. The molecule has 0 spiro atoms. The SMILES string of the molecule is CCCCc1ncc(C(=O)NC(CC(=O)NO)Cc2ccc(Cl)cc2)n1Cc1ccc(S(=O)(=O)O)cc1. The van der Waals surface area contributed by atoms with E-state index in [4.69, 9.17) is 16.8 Å². The molecule has 0 radical (unpaired) electrons. The summed E-state index contributed by atoms with van der Waals surface area (Å²) in [5, 5.41) is 12.4. The third kappa shape index (κ3) is 8.12. The van der Waals surface area contributed by atoms with Crippen molar-refractivity contribution in [3.63, 3.8) is 0 Å². The van der Waals surface area contributed by atoms with Gasteiger partial charge in [0.15, 0.2) is 0 Å². The predicted octanol–water partition coefficient (Wildman–Crippen LogP) is 3.41. The number of aromatic nitrogens is 2. The number of hydrogen-bond acceptors (Lipinski definition) is 6. The standard InChI is InChI=1S/C25H29ClN4O6S/c1-2-3-4-23-27-15-22(30(23)16-18-7-11-21(12-8-18)37(34,35)36)25(32)28-20(14-24(31)29-33)13-17-5-9-19(26)10-6-17/h5-12,15,20,33H,2-4,13-14,16H2,1H3,(H,28,32)(H,29,31)(H,34,35,36). The summed E-state index contributed by atoms with van der Waals surface area (Å²) in [6.07, 6.45) is 4.06. The highest BCUT2D eigenvalue weighted by Crippen LogP contribution is 2.17. The molecule has 12 heteroatoms. The average Bonchev–Trinajstić information content (AvgIpc) is 3.26. The number of unbranched alkanes of at least 4 members (excludes halogenated alkanes) is 1. The predicted molar refractivity (Wildman–Crippen MR) is 137 cm³/mol. The molecular formula is C25H29ClN4O6S. The van der Waals surface area contributed by atoms with Crippen molar-refractivity contribution in [2.45, 2.75) is 56.5 Å². The van der Waals surface area contributed by atoms with Gasteiger partial charge in [-0.05, 0) is 48.2 Å². The van der Waals surface area contributed by atoms with Crippen LogP contribution in [0.15, 0.2) is 59.6 Å². The van der Waals surface area contributed by atoms with E-state index in [2.05, 4.69) is 10.3 Å². The second kappa shape index (κ2) is 12.8. The van der Waals surface area contributed by atoms with Gasteiger partial charge in [0.1, 0.15) is 11.5 Å². The zero-order valence-corrected chi connectivity index (χ0v) is 21.8. The molecule has 0 aliphatic rings. The smallest absolute Gasteiger partial charge is 0.294 e. The molecule has 4 N–H and O–H groups in total. The quantitative estimate of drug-likeness (QED) is 0.154. The van der Waals surface area contributed by atoms with Crippen LogP contribution in [0.3, 0.4) is 0 Å². The summed E-state index contributed by atoms with van der Waals surface area (Å²) >= 11 is 5.95. The van der Waals surface area contributed by atoms with E-state index in [0.29, 0.717) is 29.3 Å². The van der Waals surface area contributed by atoms with Crippen LogP contribution in [0.2, 0.25) is 5.02 Å². The van der Waals surface area contributed by atoms with Crippen molar-refractivity contribution in [3.05, 3.63) is 82.4 Å². The van der Waals surface area contributed by atoms with E-state index in [1.54, 1.807) is 46.4 Å². The second-order valence-electron chi connectivity index (χ2n) is 8.61. The van der Waals surface area contributed by atoms with Crippen LogP contribution >= 0.6 is 11.6 Å². The van der Waals surface area contributed by atoms with E-state index >= 15 is 0 Å². The molecule has 1 unspecified atom stereocenters. The monoisotopic (exact) mass is 548 g/mol. The van der Waals surface area contributed by atoms with Gasteiger partial charge in [-0.3, -0.25) is 19.3 Å². The topological polar surface area (TPSA) is 151 Å². The molecule has 0 saturated heterocycles. The fourth-order valence-corrected chi connectivity index (χ4v) is 4.47.